The van der Waals surface area contributed by atoms with Gasteiger partial charge in [0.25, 0.3) is 0 Å². The molecule has 0 spiro atoms. The van der Waals surface area contributed by atoms with Crippen molar-refractivity contribution in [3.05, 3.63) is 47.2 Å². The van der Waals surface area contributed by atoms with Crippen molar-refractivity contribution in [1.82, 2.24) is 15.1 Å². The van der Waals surface area contributed by atoms with Crippen LogP contribution >= 0.6 is 11.6 Å². The molecule has 1 N–H and O–H groups in total. The molecule has 0 bridgehead atoms. The van der Waals surface area contributed by atoms with E-state index >= 15 is 0 Å². The lowest BCUT2D eigenvalue weighted by atomic mass is 10.2. The molecule has 1 aromatic carbocycles. The first-order valence-corrected chi connectivity index (χ1v) is 9.30. The minimum absolute atomic E-state index is 0.0755. The first-order valence-electron chi connectivity index (χ1n) is 8.93. The van der Waals surface area contributed by atoms with Gasteiger partial charge in [0.15, 0.2) is 0 Å². The molecule has 146 valence electrons. The Kier molecular flexibility index (Phi) is 7.88. The Morgan fingerprint density at radius 1 is 1.07 bits per heavy atom. The summed E-state index contributed by atoms with van der Waals surface area (Å²) in [5.74, 6) is 1.27. The molecule has 27 heavy (non-hydrogen) atoms. The molecule has 0 saturated heterocycles. The summed E-state index contributed by atoms with van der Waals surface area (Å²) in [4.78, 5) is 27.4. The van der Waals surface area contributed by atoms with Crippen LogP contribution in [0, 0.1) is 0 Å². The molecule has 2 aromatic rings. The van der Waals surface area contributed by atoms with Gasteiger partial charge in [-0.3, -0.25) is 14.5 Å². The fourth-order valence-corrected chi connectivity index (χ4v) is 2.65. The van der Waals surface area contributed by atoms with Crippen LogP contribution in [0.15, 0.2) is 40.8 Å². The average molecular weight is 392 g/mol. The number of carbonyl (C=O) groups is 2. The summed E-state index contributed by atoms with van der Waals surface area (Å²) in [6, 6.07) is 11.1. The van der Waals surface area contributed by atoms with E-state index < -0.39 is 0 Å². The van der Waals surface area contributed by atoms with E-state index in [4.69, 9.17) is 16.0 Å². The quantitative estimate of drug-likeness (QED) is 0.713. The Balaban J connectivity index is 1.85. The Morgan fingerprint density at radius 2 is 1.78 bits per heavy atom. The molecule has 6 nitrogen and oxygen atoms in total. The van der Waals surface area contributed by atoms with Gasteiger partial charge in [0.2, 0.25) is 11.8 Å². The maximum atomic E-state index is 12.4. The molecule has 0 aliphatic rings. The maximum Gasteiger partial charge on any atom is 0.236 e. The number of halogens is 1. The molecule has 0 atom stereocenters. The van der Waals surface area contributed by atoms with Crippen molar-refractivity contribution in [1.29, 1.82) is 0 Å². The van der Waals surface area contributed by atoms with Crippen LogP contribution in [0.5, 0.6) is 0 Å². The van der Waals surface area contributed by atoms with Gasteiger partial charge >= 0.3 is 0 Å². The van der Waals surface area contributed by atoms with Gasteiger partial charge in [0, 0.05) is 24.2 Å². The summed E-state index contributed by atoms with van der Waals surface area (Å²) in [6.07, 6.45) is 0.887. The summed E-state index contributed by atoms with van der Waals surface area (Å²) in [5, 5.41) is 3.47. The second-order valence-electron chi connectivity index (χ2n) is 6.54. The van der Waals surface area contributed by atoms with E-state index in [0.29, 0.717) is 23.9 Å². The molecule has 1 heterocycles. The SMILES string of the molecule is CCCNC(=O)CN(C)CC(=O)N(C)Cc1ccc(-c2ccc(Cl)cc2)o1. The number of likely N-dealkylation sites (N-methyl/N-ethyl adjacent to an activating group) is 2. The van der Waals surface area contributed by atoms with E-state index in [0.717, 1.165) is 17.7 Å². The highest BCUT2D eigenvalue weighted by Crippen LogP contribution is 2.24. The Morgan fingerprint density at radius 3 is 2.44 bits per heavy atom. The van der Waals surface area contributed by atoms with Crippen LogP contribution in [0.4, 0.5) is 0 Å². The zero-order valence-corrected chi connectivity index (χ0v) is 16.8. The normalized spacial score (nSPS) is 10.9. The van der Waals surface area contributed by atoms with Gasteiger partial charge in [-0.05, 0) is 49.9 Å². The lowest BCUT2D eigenvalue weighted by molar-refractivity contribution is -0.132. The van der Waals surface area contributed by atoms with Crippen molar-refractivity contribution in [2.45, 2.75) is 19.9 Å². The van der Waals surface area contributed by atoms with E-state index in [-0.39, 0.29) is 24.9 Å². The fraction of sp³-hybridized carbons (Fsp3) is 0.400. The first-order chi connectivity index (χ1) is 12.9. The standard InChI is InChI=1S/C20H26ClN3O3/c1-4-11-22-19(25)13-23(2)14-20(26)24(3)12-17-9-10-18(27-17)15-5-7-16(21)8-6-15/h5-10H,4,11-14H2,1-3H3,(H,22,25). The summed E-state index contributed by atoms with van der Waals surface area (Å²) in [7, 11) is 3.47. The predicted octanol–water partition coefficient (Wildman–Crippen LogP) is 3.02. The summed E-state index contributed by atoms with van der Waals surface area (Å²) in [5.41, 5.74) is 0.928. The Labute approximate surface area is 165 Å². The van der Waals surface area contributed by atoms with Crippen molar-refractivity contribution in [2.75, 3.05) is 33.7 Å². The fourth-order valence-electron chi connectivity index (χ4n) is 2.53. The largest absolute Gasteiger partial charge is 0.459 e. The van der Waals surface area contributed by atoms with Crippen molar-refractivity contribution in [3.63, 3.8) is 0 Å². The van der Waals surface area contributed by atoms with Gasteiger partial charge < -0.3 is 14.6 Å². The molecule has 0 fully saturated rings. The molecular formula is C20H26ClN3O3. The van der Waals surface area contributed by atoms with Crippen LogP contribution in [0.25, 0.3) is 11.3 Å². The van der Waals surface area contributed by atoms with Crippen LogP contribution in [0.3, 0.4) is 0 Å². The van der Waals surface area contributed by atoms with Gasteiger partial charge in [-0.2, -0.15) is 0 Å². The molecule has 7 heteroatoms. The second-order valence-corrected chi connectivity index (χ2v) is 6.98. The topological polar surface area (TPSA) is 65.8 Å². The molecule has 2 amide bonds. The Bertz CT molecular complexity index is 758. The van der Waals surface area contributed by atoms with Crippen molar-refractivity contribution >= 4 is 23.4 Å². The number of rotatable bonds is 9. The number of nitrogens with one attached hydrogen (secondary N) is 1. The van der Waals surface area contributed by atoms with E-state index in [9.17, 15) is 9.59 Å². The molecule has 0 aliphatic carbocycles. The highest BCUT2D eigenvalue weighted by molar-refractivity contribution is 6.30. The van der Waals surface area contributed by atoms with Gasteiger partial charge in [-0.15, -0.1) is 0 Å². The molecule has 0 saturated carbocycles. The summed E-state index contributed by atoms with van der Waals surface area (Å²) < 4.78 is 5.83. The summed E-state index contributed by atoms with van der Waals surface area (Å²) in [6.45, 7) is 3.37. The van der Waals surface area contributed by atoms with E-state index in [1.165, 1.54) is 0 Å². The smallest absolute Gasteiger partial charge is 0.236 e. The van der Waals surface area contributed by atoms with Gasteiger partial charge in [-0.1, -0.05) is 18.5 Å². The number of nitrogens with zero attached hydrogens (tertiary/aromatic N) is 2. The molecule has 0 radical (unpaired) electrons. The summed E-state index contributed by atoms with van der Waals surface area (Å²) >= 11 is 5.90. The van der Waals surface area contributed by atoms with Crippen molar-refractivity contribution < 1.29 is 14.0 Å². The third-order valence-electron chi connectivity index (χ3n) is 4.00. The first kappa shape index (κ1) is 21.0. The molecular weight excluding hydrogens is 366 g/mol. The van der Waals surface area contributed by atoms with Gasteiger partial charge in [-0.25, -0.2) is 0 Å². The molecule has 2 rings (SSSR count). The minimum atomic E-state index is -0.0785. The zero-order chi connectivity index (χ0) is 19.8. The Hall–Kier alpha value is -2.31. The van der Waals surface area contributed by atoms with Gasteiger partial charge in [0.1, 0.15) is 11.5 Å². The van der Waals surface area contributed by atoms with E-state index in [1.54, 1.807) is 36.0 Å². The number of furan rings is 1. The van der Waals surface area contributed by atoms with Gasteiger partial charge in [0.05, 0.1) is 19.6 Å². The third-order valence-corrected chi connectivity index (χ3v) is 4.25. The van der Waals surface area contributed by atoms with Crippen LogP contribution in [-0.4, -0.2) is 55.3 Å². The minimum Gasteiger partial charge on any atom is -0.459 e. The number of hydrogen-bond donors (Lipinski definition) is 1. The average Bonchev–Trinajstić information content (AvgIpc) is 3.08. The highest BCUT2D eigenvalue weighted by Gasteiger charge is 2.16. The van der Waals surface area contributed by atoms with Crippen LogP contribution in [-0.2, 0) is 16.1 Å². The number of benzene rings is 1. The zero-order valence-electron chi connectivity index (χ0n) is 16.0. The number of hydrogen-bond acceptors (Lipinski definition) is 4. The van der Waals surface area contributed by atoms with Crippen LogP contribution < -0.4 is 5.32 Å². The molecule has 0 unspecified atom stereocenters. The second kappa shape index (κ2) is 10.1. The third kappa shape index (κ3) is 6.73. The predicted molar refractivity (Wildman–Crippen MR) is 106 cm³/mol. The van der Waals surface area contributed by atoms with E-state index in [2.05, 4.69) is 5.32 Å². The maximum absolute atomic E-state index is 12.4. The van der Waals surface area contributed by atoms with Crippen molar-refractivity contribution in [3.8, 4) is 11.3 Å². The van der Waals surface area contributed by atoms with Crippen LogP contribution in [0.2, 0.25) is 5.02 Å². The number of carbonyl (C=O) groups excluding carboxylic acids is 2. The molecule has 1 aromatic heterocycles. The van der Waals surface area contributed by atoms with Crippen LogP contribution in [0.1, 0.15) is 19.1 Å². The van der Waals surface area contributed by atoms with E-state index in [1.807, 2.05) is 31.2 Å². The van der Waals surface area contributed by atoms with Crippen molar-refractivity contribution in [2.24, 2.45) is 0 Å². The lowest BCUT2D eigenvalue weighted by Gasteiger charge is -2.20. The highest BCUT2D eigenvalue weighted by atomic mass is 35.5. The molecule has 0 aliphatic heterocycles. The monoisotopic (exact) mass is 391 g/mol. The lowest BCUT2D eigenvalue weighted by Crippen LogP contribution is -2.41. The number of amides is 2.